The van der Waals surface area contributed by atoms with Gasteiger partial charge >= 0.3 is 0 Å². The summed E-state index contributed by atoms with van der Waals surface area (Å²) in [6, 6.07) is 4.95. The Morgan fingerprint density at radius 1 is 1.37 bits per heavy atom. The van der Waals surface area contributed by atoms with Crippen LogP contribution in [-0.2, 0) is 11.3 Å². The number of rotatable bonds is 3. The number of aliphatic imine (C=N–C) groups is 1. The van der Waals surface area contributed by atoms with Crippen molar-refractivity contribution in [3.8, 4) is 0 Å². The lowest BCUT2D eigenvalue weighted by Crippen LogP contribution is -2.67. The van der Waals surface area contributed by atoms with Gasteiger partial charge in [-0.05, 0) is 31.5 Å². The molecule has 1 aliphatic carbocycles. The molecule has 2 aromatic rings. The smallest absolute Gasteiger partial charge is 0.191 e. The van der Waals surface area contributed by atoms with Gasteiger partial charge in [-0.15, -0.1) is 24.0 Å². The minimum absolute atomic E-state index is 0. The zero-order valence-electron chi connectivity index (χ0n) is 16.1. The summed E-state index contributed by atoms with van der Waals surface area (Å²) in [6.45, 7) is 7.77. The van der Waals surface area contributed by atoms with E-state index in [0.717, 1.165) is 35.7 Å². The predicted octanol–water partition coefficient (Wildman–Crippen LogP) is 3.98. The normalized spacial score (nSPS) is 26.3. The molecular weight excluding hydrogens is 460 g/mol. The van der Waals surface area contributed by atoms with E-state index >= 15 is 0 Å². The van der Waals surface area contributed by atoms with Crippen LogP contribution in [0, 0.1) is 24.1 Å². The van der Waals surface area contributed by atoms with E-state index in [4.69, 9.17) is 9.15 Å². The molecule has 27 heavy (non-hydrogen) atoms. The third-order valence-electron chi connectivity index (χ3n) is 6.03. The van der Waals surface area contributed by atoms with Crippen molar-refractivity contribution in [3.63, 3.8) is 0 Å². The Bertz CT molecular complexity index is 864. The van der Waals surface area contributed by atoms with Gasteiger partial charge in [0.1, 0.15) is 17.2 Å². The van der Waals surface area contributed by atoms with Crippen LogP contribution in [0.15, 0.2) is 27.6 Å². The standard InChI is InChI=1S/C20H26FN3O2.HI/c1-11-14-9-12(21)5-6-15(14)26-16(11)10-23-19(22-4)24-17-13-7-8-25-18(13)20(17,2)3;/h5-6,9,13,17-18H,7-8,10H2,1-4H3,(H2,22,23,24);1H. The lowest BCUT2D eigenvalue weighted by Gasteiger charge is -2.54. The molecular formula is C20H27FIN3O2. The maximum atomic E-state index is 13.5. The molecule has 1 aliphatic heterocycles. The monoisotopic (exact) mass is 487 g/mol. The maximum Gasteiger partial charge on any atom is 0.191 e. The number of aryl methyl sites for hydroxylation is 1. The van der Waals surface area contributed by atoms with Crippen LogP contribution in [-0.4, -0.2) is 31.8 Å². The summed E-state index contributed by atoms with van der Waals surface area (Å²) in [5.74, 6) is 1.83. The number of benzene rings is 1. The Kier molecular flexibility index (Phi) is 5.72. The zero-order valence-corrected chi connectivity index (χ0v) is 18.5. The number of furan rings is 1. The third-order valence-corrected chi connectivity index (χ3v) is 6.03. The van der Waals surface area contributed by atoms with E-state index in [1.807, 2.05) is 6.92 Å². The summed E-state index contributed by atoms with van der Waals surface area (Å²) in [5.41, 5.74) is 1.75. The molecule has 3 unspecified atom stereocenters. The van der Waals surface area contributed by atoms with Crippen molar-refractivity contribution in [2.45, 2.75) is 45.9 Å². The summed E-state index contributed by atoms with van der Waals surface area (Å²) in [6.07, 6.45) is 1.43. The average molecular weight is 487 g/mol. The molecule has 0 radical (unpaired) electrons. The Hall–Kier alpha value is -1.35. The molecule has 2 aliphatic rings. The van der Waals surface area contributed by atoms with Crippen molar-refractivity contribution in [2.75, 3.05) is 13.7 Å². The van der Waals surface area contributed by atoms with E-state index in [1.54, 1.807) is 13.1 Å². The number of guanidine groups is 1. The van der Waals surface area contributed by atoms with E-state index in [2.05, 4.69) is 29.5 Å². The number of hydrogen-bond acceptors (Lipinski definition) is 3. The first-order chi connectivity index (χ1) is 12.4. The molecule has 7 heteroatoms. The number of nitrogens with zero attached hydrogens (tertiary/aromatic N) is 1. The Morgan fingerprint density at radius 2 is 2.15 bits per heavy atom. The third kappa shape index (κ3) is 3.44. The van der Waals surface area contributed by atoms with E-state index < -0.39 is 0 Å². The SMILES string of the molecule is CN=C(NCc1oc2ccc(F)cc2c1C)NC1C2CCOC2C1(C)C.I. The van der Waals surface area contributed by atoms with Crippen molar-refractivity contribution in [1.82, 2.24) is 10.6 Å². The second-order valence-electron chi connectivity index (χ2n) is 7.90. The largest absolute Gasteiger partial charge is 0.459 e. The first-order valence-electron chi connectivity index (χ1n) is 9.18. The number of fused-ring (bicyclic) bond motifs is 2. The highest BCUT2D eigenvalue weighted by atomic mass is 127. The zero-order chi connectivity index (χ0) is 18.5. The Morgan fingerprint density at radius 3 is 2.89 bits per heavy atom. The van der Waals surface area contributed by atoms with Crippen LogP contribution in [0.4, 0.5) is 4.39 Å². The highest BCUT2D eigenvalue weighted by Crippen LogP contribution is 2.52. The summed E-state index contributed by atoms with van der Waals surface area (Å²) < 4.78 is 25.2. The average Bonchev–Trinajstić information content (AvgIpc) is 3.19. The maximum absolute atomic E-state index is 13.5. The first kappa shape index (κ1) is 20.4. The van der Waals surface area contributed by atoms with Gasteiger partial charge in [0.15, 0.2) is 5.96 Å². The van der Waals surface area contributed by atoms with Gasteiger partial charge in [-0.1, -0.05) is 13.8 Å². The van der Waals surface area contributed by atoms with E-state index in [1.165, 1.54) is 12.1 Å². The van der Waals surface area contributed by atoms with Crippen LogP contribution >= 0.6 is 24.0 Å². The van der Waals surface area contributed by atoms with Gasteiger partial charge in [0.2, 0.25) is 0 Å². The first-order valence-corrected chi connectivity index (χ1v) is 9.18. The quantitative estimate of drug-likeness (QED) is 0.391. The van der Waals surface area contributed by atoms with Crippen LogP contribution in [0.25, 0.3) is 11.0 Å². The minimum atomic E-state index is -0.251. The van der Waals surface area contributed by atoms with E-state index in [0.29, 0.717) is 30.2 Å². The van der Waals surface area contributed by atoms with Crippen molar-refractivity contribution in [3.05, 3.63) is 35.3 Å². The summed E-state index contributed by atoms with van der Waals surface area (Å²) in [7, 11) is 1.77. The fraction of sp³-hybridized carbons (Fsp3) is 0.550. The van der Waals surface area contributed by atoms with Crippen LogP contribution in [0.2, 0.25) is 0 Å². The Balaban J connectivity index is 0.00000210. The summed E-state index contributed by atoms with van der Waals surface area (Å²) in [4.78, 5) is 4.35. The molecule has 2 N–H and O–H groups in total. The van der Waals surface area contributed by atoms with Crippen LogP contribution < -0.4 is 10.6 Å². The number of ether oxygens (including phenoxy) is 1. The van der Waals surface area contributed by atoms with Gasteiger partial charge in [0, 0.05) is 42.0 Å². The summed E-state index contributed by atoms with van der Waals surface area (Å²) in [5, 5.41) is 7.70. The number of hydrogen-bond donors (Lipinski definition) is 2. The molecule has 1 aromatic heterocycles. The van der Waals surface area contributed by atoms with Crippen molar-refractivity contribution in [1.29, 1.82) is 0 Å². The number of nitrogens with one attached hydrogen (secondary N) is 2. The fourth-order valence-electron chi connectivity index (χ4n) is 4.54. The van der Waals surface area contributed by atoms with Crippen LogP contribution in [0.3, 0.4) is 0 Å². The minimum Gasteiger partial charge on any atom is -0.459 e. The second kappa shape index (κ2) is 7.58. The fourth-order valence-corrected chi connectivity index (χ4v) is 4.54. The summed E-state index contributed by atoms with van der Waals surface area (Å²) >= 11 is 0. The molecule has 5 nitrogen and oxygen atoms in total. The topological polar surface area (TPSA) is 58.8 Å². The molecule has 148 valence electrons. The number of halogens is 2. The highest BCUT2D eigenvalue weighted by Gasteiger charge is 2.59. The molecule has 2 heterocycles. The molecule has 1 saturated heterocycles. The van der Waals surface area contributed by atoms with Gasteiger partial charge in [-0.3, -0.25) is 4.99 Å². The molecule has 3 atom stereocenters. The molecule has 0 spiro atoms. The van der Waals surface area contributed by atoms with Crippen molar-refractivity contribution >= 4 is 40.9 Å². The molecule has 0 bridgehead atoms. The van der Waals surface area contributed by atoms with Gasteiger partial charge in [-0.2, -0.15) is 0 Å². The van der Waals surface area contributed by atoms with Gasteiger partial charge in [-0.25, -0.2) is 4.39 Å². The van der Waals surface area contributed by atoms with Gasteiger partial charge in [0.25, 0.3) is 0 Å². The lowest BCUT2D eigenvalue weighted by molar-refractivity contribution is -0.106. The van der Waals surface area contributed by atoms with Gasteiger partial charge < -0.3 is 19.8 Å². The molecule has 1 saturated carbocycles. The molecule has 4 rings (SSSR count). The highest BCUT2D eigenvalue weighted by molar-refractivity contribution is 14.0. The Labute approximate surface area is 176 Å². The second-order valence-corrected chi connectivity index (χ2v) is 7.90. The van der Waals surface area contributed by atoms with E-state index in [9.17, 15) is 4.39 Å². The van der Waals surface area contributed by atoms with Gasteiger partial charge in [0.05, 0.1) is 12.6 Å². The van der Waals surface area contributed by atoms with Crippen molar-refractivity contribution < 1.29 is 13.5 Å². The molecule has 1 aromatic carbocycles. The van der Waals surface area contributed by atoms with Crippen LogP contribution in [0.1, 0.15) is 31.6 Å². The van der Waals surface area contributed by atoms with Crippen LogP contribution in [0.5, 0.6) is 0 Å². The molecule has 0 amide bonds. The van der Waals surface area contributed by atoms with E-state index in [-0.39, 0.29) is 35.2 Å². The molecule has 2 fully saturated rings. The lowest BCUT2D eigenvalue weighted by atomic mass is 9.57. The predicted molar refractivity (Wildman–Crippen MR) is 115 cm³/mol. The van der Waals surface area contributed by atoms with Crippen molar-refractivity contribution in [2.24, 2.45) is 16.3 Å².